The third-order valence-corrected chi connectivity index (χ3v) is 19.5. The number of allylic oxidation sites excluding steroid dienone is 20. The van der Waals surface area contributed by atoms with Crippen molar-refractivity contribution in [3.63, 3.8) is 0 Å². The zero-order valence-corrected chi connectivity index (χ0v) is 67.0. The van der Waals surface area contributed by atoms with Gasteiger partial charge in [-0.3, -0.25) is 14.2 Å². The lowest BCUT2D eigenvalue weighted by Gasteiger charge is -2.28. The highest BCUT2D eigenvalue weighted by Crippen LogP contribution is 2.38. The predicted octanol–water partition coefficient (Wildman–Crippen LogP) is 27.9. The van der Waals surface area contributed by atoms with E-state index in [0.717, 1.165) is 109 Å². The van der Waals surface area contributed by atoms with Gasteiger partial charge in [0.2, 0.25) is 0 Å². The Labute approximate surface area is 619 Å². The van der Waals surface area contributed by atoms with Gasteiger partial charge in [-0.15, -0.1) is 0 Å². The van der Waals surface area contributed by atoms with Gasteiger partial charge in [0.05, 0.1) is 27.7 Å². The molecular weight excluding hydrogens is 1250 g/mol. The van der Waals surface area contributed by atoms with Crippen molar-refractivity contribution in [2.75, 3.05) is 47.5 Å². The standard InChI is InChI=1S/C90H160NO8P/c1-6-8-10-12-14-16-18-20-22-24-26-28-30-32-34-36-38-40-42-43-44-45-46-47-49-51-53-55-57-59-61-63-65-67-69-71-73-75-77-79-81-83-90(93)99-88(87-98-100(94,95)97-85-84-91(3,4)5)86-96-89(92)82-80-78-76-74-72-70-68-66-64-62-60-58-56-54-52-50-48-41-39-37-35-33-31-29-27-25-23-21-19-17-15-13-11-9-7-2/h8,10,14,16,20,22,26,28,32,34,38,40,43-44,46-47,51,53,57,59,88H,6-7,9,11-13,15,17-19,21,23-25,27,29-31,33,35-37,39,41-42,45,48-50,52,54-56,58,60-87H2,1-5H3/b10-8-,16-14-,22-20-,28-26-,34-32-,40-38-,44-43-,47-46-,53-51-,59-57-. The zero-order valence-electron chi connectivity index (χ0n) is 66.1. The number of ether oxygens (including phenoxy) is 2. The van der Waals surface area contributed by atoms with Crippen LogP contribution in [0.4, 0.5) is 0 Å². The molecule has 0 aliphatic carbocycles. The first-order valence-corrected chi connectivity index (χ1v) is 43.7. The van der Waals surface area contributed by atoms with Crippen LogP contribution in [0.3, 0.4) is 0 Å². The molecule has 0 aromatic carbocycles. The maximum atomic E-state index is 12.9. The second kappa shape index (κ2) is 79.5. The third-order valence-electron chi connectivity index (χ3n) is 18.5. The molecule has 0 aromatic rings. The van der Waals surface area contributed by atoms with Crippen LogP contribution in [-0.4, -0.2) is 70.0 Å². The van der Waals surface area contributed by atoms with Gasteiger partial charge in [0.1, 0.15) is 19.8 Å². The zero-order chi connectivity index (χ0) is 72.5. The number of carbonyl (C=O) groups excluding carboxylic acids is 2. The first-order valence-electron chi connectivity index (χ1n) is 42.2. The fourth-order valence-electron chi connectivity index (χ4n) is 12.1. The summed E-state index contributed by atoms with van der Waals surface area (Å²) in [5.74, 6) is -0.827. The predicted molar refractivity (Wildman–Crippen MR) is 434 cm³/mol. The van der Waals surface area contributed by atoms with Gasteiger partial charge in [0, 0.05) is 12.8 Å². The van der Waals surface area contributed by atoms with Gasteiger partial charge < -0.3 is 27.9 Å². The Morgan fingerprint density at radius 3 is 0.850 bits per heavy atom. The van der Waals surface area contributed by atoms with E-state index in [1.807, 2.05) is 21.1 Å². The summed E-state index contributed by atoms with van der Waals surface area (Å²) in [6, 6.07) is 0. The summed E-state index contributed by atoms with van der Waals surface area (Å²) in [4.78, 5) is 38.2. The quantitative estimate of drug-likeness (QED) is 0.0195. The van der Waals surface area contributed by atoms with Crippen molar-refractivity contribution in [2.45, 2.75) is 392 Å². The fraction of sp³-hybridized carbons (Fsp3) is 0.756. The van der Waals surface area contributed by atoms with Crippen LogP contribution < -0.4 is 4.89 Å². The molecule has 10 heteroatoms. The van der Waals surface area contributed by atoms with Crippen molar-refractivity contribution >= 4 is 19.8 Å². The summed E-state index contributed by atoms with van der Waals surface area (Å²) in [6.07, 6.45) is 115. The first-order chi connectivity index (χ1) is 49.0. The van der Waals surface area contributed by atoms with Gasteiger partial charge in [-0.1, -0.05) is 405 Å². The van der Waals surface area contributed by atoms with Crippen LogP contribution in [-0.2, 0) is 32.7 Å². The van der Waals surface area contributed by atoms with Crippen molar-refractivity contribution < 1.29 is 42.1 Å². The van der Waals surface area contributed by atoms with Crippen LogP contribution >= 0.6 is 7.82 Å². The highest BCUT2D eigenvalue weighted by Gasteiger charge is 2.22. The number of phosphoric ester groups is 1. The largest absolute Gasteiger partial charge is 0.756 e. The molecule has 2 atom stereocenters. The topological polar surface area (TPSA) is 111 Å². The molecule has 578 valence electrons. The Bertz CT molecular complexity index is 2110. The monoisotopic (exact) mass is 1410 g/mol. The van der Waals surface area contributed by atoms with Gasteiger partial charge in [-0.05, 0) is 89.9 Å². The summed E-state index contributed by atoms with van der Waals surface area (Å²) in [5, 5.41) is 0. The van der Waals surface area contributed by atoms with Gasteiger partial charge in [-0.2, -0.15) is 0 Å². The van der Waals surface area contributed by atoms with E-state index < -0.39 is 26.5 Å². The second-order valence-electron chi connectivity index (χ2n) is 29.5. The Hall–Kier alpha value is -3.59. The lowest BCUT2D eigenvalue weighted by molar-refractivity contribution is -0.870. The summed E-state index contributed by atoms with van der Waals surface area (Å²) in [7, 11) is 1.17. The number of phosphoric acid groups is 1. The number of esters is 2. The molecule has 0 N–H and O–H groups in total. The molecule has 0 aliphatic rings. The van der Waals surface area contributed by atoms with Crippen LogP contribution in [0.5, 0.6) is 0 Å². The lowest BCUT2D eigenvalue weighted by Crippen LogP contribution is -2.37. The van der Waals surface area contributed by atoms with E-state index in [0.29, 0.717) is 17.4 Å². The lowest BCUT2D eigenvalue weighted by atomic mass is 10.0. The normalized spacial score (nSPS) is 13.6. The van der Waals surface area contributed by atoms with Gasteiger partial charge in [0.15, 0.2) is 6.10 Å². The molecule has 0 amide bonds. The number of rotatable bonds is 78. The molecule has 0 saturated carbocycles. The maximum Gasteiger partial charge on any atom is 0.306 e. The van der Waals surface area contributed by atoms with E-state index >= 15 is 0 Å². The van der Waals surface area contributed by atoms with Crippen molar-refractivity contribution in [1.29, 1.82) is 0 Å². The van der Waals surface area contributed by atoms with E-state index in [2.05, 4.69) is 135 Å². The van der Waals surface area contributed by atoms with Gasteiger partial charge in [0.25, 0.3) is 7.82 Å². The number of unbranched alkanes of at least 4 members (excludes halogenated alkanes) is 44. The third kappa shape index (κ3) is 83.4. The smallest absolute Gasteiger partial charge is 0.306 e. The maximum absolute atomic E-state index is 12.9. The van der Waals surface area contributed by atoms with Crippen LogP contribution in [0.1, 0.15) is 386 Å². The van der Waals surface area contributed by atoms with E-state index in [1.165, 1.54) is 244 Å². The minimum Gasteiger partial charge on any atom is -0.756 e. The highest BCUT2D eigenvalue weighted by molar-refractivity contribution is 7.45. The van der Waals surface area contributed by atoms with Crippen molar-refractivity contribution in [2.24, 2.45) is 0 Å². The summed E-state index contributed by atoms with van der Waals surface area (Å²) >= 11 is 0. The number of likely N-dealkylation sites (N-methyl/N-ethyl adjacent to an activating group) is 1. The molecule has 0 rings (SSSR count). The van der Waals surface area contributed by atoms with Gasteiger partial charge in [-0.25, -0.2) is 0 Å². The average molecular weight is 1420 g/mol. The number of quaternary nitrogens is 1. The minimum absolute atomic E-state index is 0.0345. The first kappa shape index (κ1) is 96.4. The fourth-order valence-corrected chi connectivity index (χ4v) is 12.8. The Kier molecular flexibility index (Phi) is 76.7. The molecule has 0 saturated heterocycles. The number of carbonyl (C=O) groups is 2. The minimum atomic E-state index is -4.65. The van der Waals surface area contributed by atoms with E-state index in [-0.39, 0.29) is 32.0 Å². The van der Waals surface area contributed by atoms with Crippen molar-refractivity contribution in [3.05, 3.63) is 122 Å². The van der Waals surface area contributed by atoms with Crippen LogP contribution in [0.2, 0.25) is 0 Å². The Morgan fingerprint density at radius 1 is 0.320 bits per heavy atom. The number of hydrogen-bond acceptors (Lipinski definition) is 8. The van der Waals surface area contributed by atoms with Crippen LogP contribution in [0, 0.1) is 0 Å². The summed E-state index contributed by atoms with van der Waals surface area (Å²) < 4.78 is 34.4. The highest BCUT2D eigenvalue weighted by atomic mass is 31.2. The average Bonchev–Trinajstić information content (AvgIpc) is 1.30. The Balaban J connectivity index is 3.98. The molecule has 0 aromatic heterocycles. The van der Waals surface area contributed by atoms with Crippen LogP contribution in [0.15, 0.2) is 122 Å². The molecule has 0 heterocycles. The van der Waals surface area contributed by atoms with Crippen LogP contribution in [0.25, 0.3) is 0 Å². The summed E-state index contributed by atoms with van der Waals surface area (Å²) in [5.41, 5.74) is 0. The molecule has 0 aliphatic heterocycles. The van der Waals surface area contributed by atoms with Crippen molar-refractivity contribution in [3.8, 4) is 0 Å². The SMILES string of the molecule is CC/C=C\C/C=C\C/C=C\C/C=C\C/C=C\C/C=C\C/C=C\C/C=C\C/C=C\C/C=C\CCCCCCCCCCCCC(=O)OC(COC(=O)CCCCCCCCCCCCCCCCCCCCCCCCCCCCCCCCCCCCC)COP(=O)([O-])OCC[N+](C)(C)C. The molecule has 0 bridgehead atoms. The molecule has 9 nitrogen and oxygen atoms in total. The summed E-state index contributed by atoms with van der Waals surface area (Å²) in [6.45, 7) is 4.17. The van der Waals surface area contributed by atoms with E-state index in [4.69, 9.17) is 18.5 Å². The number of nitrogens with zero attached hydrogens (tertiary/aromatic N) is 1. The Morgan fingerprint density at radius 2 is 0.570 bits per heavy atom. The molecular formula is C90H160NO8P. The second-order valence-corrected chi connectivity index (χ2v) is 30.9. The molecule has 2 unspecified atom stereocenters. The molecule has 100 heavy (non-hydrogen) atoms. The molecule has 0 fully saturated rings. The van der Waals surface area contributed by atoms with E-state index in [1.54, 1.807) is 0 Å². The van der Waals surface area contributed by atoms with Gasteiger partial charge >= 0.3 is 11.9 Å². The van der Waals surface area contributed by atoms with Crippen molar-refractivity contribution in [1.82, 2.24) is 0 Å². The van der Waals surface area contributed by atoms with E-state index in [9.17, 15) is 19.0 Å². The molecule has 0 spiro atoms. The number of hydrogen-bond donors (Lipinski definition) is 0. The molecule has 0 radical (unpaired) electrons.